The molecular weight excluding hydrogens is 499 g/mol. The van der Waals surface area contributed by atoms with Crippen LogP contribution in [0.25, 0.3) is 21.1 Å². The Labute approximate surface area is 215 Å². The van der Waals surface area contributed by atoms with Crippen LogP contribution in [0.1, 0.15) is 29.2 Å². The summed E-state index contributed by atoms with van der Waals surface area (Å²) >= 11 is 1.41. The monoisotopic (exact) mass is 523 g/mol. The number of phenols is 1. The predicted octanol–water partition coefficient (Wildman–Crippen LogP) is 7.05. The van der Waals surface area contributed by atoms with Crippen LogP contribution in [0.15, 0.2) is 60.8 Å². The number of alkyl halides is 2. The molecule has 0 radical (unpaired) electrons. The zero-order valence-electron chi connectivity index (χ0n) is 20.2. The van der Waals surface area contributed by atoms with Gasteiger partial charge in [-0.3, -0.25) is 4.98 Å². The van der Waals surface area contributed by atoms with Crippen LogP contribution in [-0.4, -0.2) is 28.7 Å². The average molecular weight is 524 g/mol. The summed E-state index contributed by atoms with van der Waals surface area (Å²) in [5.74, 6) is -2.93. The number of nitrogens with one attached hydrogen (secondary N) is 1. The molecule has 0 aliphatic heterocycles. The first-order chi connectivity index (χ1) is 17.7. The van der Waals surface area contributed by atoms with Gasteiger partial charge < -0.3 is 15.2 Å². The minimum atomic E-state index is -2.88. The molecule has 0 amide bonds. The van der Waals surface area contributed by atoms with Crippen molar-refractivity contribution in [1.29, 1.82) is 0 Å². The number of phenolic OH excluding ortho intramolecular Hbond substituents is 1. The number of ether oxygens (including phenoxy) is 1. The molecule has 0 aliphatic carbocycles. The molecule has 0 fully saturated rings. The lowest BCUT2D eigenvalue weighted by atomic mass is 10.0. The molecule has 2 aromatic heterocycles. The lowest BCUT2D eigenvalue weighted by Gasteiger charge is -2.12. The summed E-state index contributed by atoms with van der Waals surface area (Å²) in [6.07, 6.45) is 2.51. The van der Waals surface area contributed by atoms with Crippen molar-refractivity contribution >= 4 is 37.6 Å². The third-order valence-corrected chi connectivity index (χ3v) is 7.17. The first-order valence-electron chi connectivity index (χ1n) is 11.7. The number of rotatable bonds is 8. The molecule has 9 heteroatoms. The number of methoxy groups -OCH3 is 1. The van der Waals surface area contributed by atoms with Gasteiger partial charge in [0.1, 0.15) is 5.82 Å². The molecule has 2 N–H and O–H groups in total. The molecule has 0 unspecified atom stereocenters. The average Bonchev–Trinajstić information content (AvgIpc) is 3.25. The van der Waals surface area contributed by atoms with Crippen LogP contribution >= 0.6 is 11.3 Å². The molecule has 0 spiro atoms. The van der Waals surface area contributed by atoms with E-state index in [1.54, 1.807) is 24.4 Å². The van der Waals surface area contributed by atoms with Crippen LogP contribution in [0.3, 0.4) is 0 Å². The van der Waals surface area contributed by atoms with E-state index in [-0.39, 0.29) is 17.1 Å². The maximum Gasteiger partial charge on any atom is 0.270 e. The van der Waals surface area contributed by atoms with Gasteiger partial charge in [0.15, 0.2) is 16.6 Å². The number of fused-ring (bicyclic) bond motifs is 2. The molecule has 0 saturated carbocycles. The smallest absolute Gasteiger partial charge is 0.270 e. The van der Waals surface area contributed by atoms with Gasteiger partial charge in [-0.25, -0.2) is 18.2 Å². The Hall–Kier alpha value is -3.85. The minimum absolute atomic E-state index is 0.00653. The standard InChI is InChI=1S/C28H24F3N3O2S/c1-28(30,31)19-5-3-4-16(10-19)6-8-33-27-34-23-14-21(29)18(12-26(23)37-27)11-17-7-9-32-22-15-24(35)25(36-2)13-20(17)22/h3-5,7,9-10,12-15,35H,6,8,11H2,1-2H3,(H,33,34). The van der Waals surface area contributed by atoms with Crippen LogP contribution in [0.2, 0.25) is 0 Å². The molecule has 5 aromatic rings. The predicted molar refractivity (Wildman–Crippen MR) is 141 cm³/mol. The Bertz CT molecular complexity index is 1600. The molecule has 2 heterocycles. The number of hydrogen-bond donors (Lipinski definition) is 2. The molecule has 37 heavy (non-hydrogen) atoms. The fourth-order valence-corrected chi connectivity index (χ4v) is 5.19. The molecule has 190 valence electrons. The van der Waals surface area contributed by atoms with E-state index in [0.717, 1.165) is 28.1 Å². The van der Waals surface area contributed by atoms with Crippen molar-refractivity contribution in [1.82, 2.24) is 9.97 Å². The zero-order valence-corrected chi connectivity index (χ0v) is 21.0. The van der Waals surface area contributed by atoms with Gasteiger partial charge in [-0.1, -0.05) is 29.5 Å². The third kappa shape index (κ3) is 5.32. The second-order valence-electron chi connectivity index (χ2n) is 8.88. The lowest BCUT2D eigenvalue weighted by molar-refractivity contribution is 0.0174. The fraction of sp³-hybridized carbons (Fsp3) is 0.214. The van der Waals surface area contributed by atoms with Gasteiger partial charge in [-0.05, 0) is 47.4 Å². The Morgan fingerprint density at radius 2 is 1.89 bits per heavy atom. The van der Waals surface area contributed by atoms with E-state index in [0.29, 0.717) is 46.9 Å². The summed E-state index contributed by atoms with van der Waals surface area (Å²) in [5, 5.41) is 14.7. The van der Waals surface area contributed by atoms with Crippen molar-refractivity contribution in [3.63, 3.8) is 0 Å². The van der Waals surface area contributed by atoms with E-state index in [2.05, 4.69) is 15.3 Å². The third-order valence-electron chi connectivity index (χ3n) is 6.19. The molecular formula is C28H24F3N3O2S. The van der Waals surface area contributed by atoms with Gasteiger partial charge in [-0.15, -0.1) is 0 Å². The van der Waals surface area contributed by atoms with Crippen LogP contribution in [0.4, 0.5) is 18.3 Å². The Kier molecular flexibility index (Phi) is 6.64. The maximum atomic E-state index is 15.0. The number of anilines is 1. The van der Waals surface area contributed by atoms with Crippen LogP contribution < -0.4 is 10.1 Å². The number of hydrogen-bond acceptors (Lipinski definition) is 6. The quantitative estimate of drug-likeness (QED) is 0.228. The van der Waals surface area contributed by atoms with Gasteiger partial charge in [0.05, 0.1) is 22.8 Å². The van der Waals surface area contributed by atoms with E-state index in [1.807, 2.05) is 12.1 Å². The van der Waals surface area contributed by atoms with Gasteiger partial charge in [0.25, 0.3) is 5.92 Å². The lowest BCUT2D eigenvalue weighted by Crippen LogP contribution is -2.09. The number of pyridine rings is 1. The summed E-state index contributed by atoms with van der Waals surface area (Å²) < 4.78 is 48.3. The highest BCUT2D eigenvalue weighted by Crippen LogP contribution is 2.34. The highest BCUT2D eigenvalue weighted by atomic mass is 32.1. The van der Waals surface area contributed by atoms with Crippen molar-refractivity contribution in [2.75, 3.05) is 19.0 Å². The molecule has 0 bridgehead atoms. The highest BCUT2D eigenvalue weighted by Gasteiger charge is 2.24. The molecule has 0 aliphatic rings. The first-order valence-corrected chi connectivity index (χ1v) is 12.5. The van der Waals surface area contributed by atoms with E-state index in [4.69, 9.17) is 4.74 Å². The number of halogens is 3. The zero-order chi connectivity index (χ0) is 26.2. The summed E-state index contributed by atoms with van der Waals surface area (Å²) in [4.78, 5) is 8.78. The number of nitrogens with zero attached hydrogens (tertiary/aromatic N) is 2. The summed E-state index contributed by atoms with van der Waals surface area (Å²) in [6.45, 7) is 1.39. The molecule has 3 aromatic carbocycles. The number of thiazole rings is 1. The molecule has 5 rings (SSSR count). The molecule has 0 atom stereocenters. The molecule has 0 saturated heterocycles. The topological polar surface area (TPSA) is 67.3 Å². The van der Waals surface area contributed by atoms with Crippen LogP contribution in [-0.2, 0) is 18.8 Å². The van der Waals surface area contributed by atoms with Crippen molar-refractivity contribution in [2.45, 2.75) is 25.7 Å². The number of benzene rings is 3. The highest BCUT2D eigenvalue weighted by molar-refractivity contribution is 7.22. The second kappa shape index (κ2) is 9.89. The van der Waals surface area contributed by atoms with Gasteiger partial charge in [0, 0.05) is 49.2 Å². The normalized spacial score (nSPS) is 11.8. The maximum absolute atomic E-state index is 15.0. The van der Waals surface area contributed by atoms with Crippen molar-refractivity contribution < 1.29 is 23.0 Å². The largest absolute Gasteiger partial charge is 0.504 e. The van der Waals surface area contributed by atoms with Crippen LogP contribution in [0, 0.1) is 5.82 Å². The van der Waals surface area contributed by atoms with Crippen molar-refractivity contribution in [3.05, 3.63) is 88.9 Å². The van der Waals surface area contributed by atoms with E-state index in [1.165, 1.54) is 42.7 Å². The first kappa shape index (κ1) is 24.8. The summed E-state index contributed by atoms with van der Waals surface area (Å²) in [6, 6.07) is 14.7. The Morgan fingerprint density at radius 1 is 1.05 bits per heavy atom. The van der Waals surface area contributed by atoms with E-state index in [9.17, 15) is 13.9 Å². The van der Waals surface area contributed by atoms with Crippen molar-refractivity contribution in [2.24, 2.45) is 0 Å². The van der Waals surface area contributed by atoms with Gasteiger partial charge in [0.2, 0.25) is 0 Å². The van der Waals surface area contributed by atoms with Crippen molar-refractivity contribution in [3.8, 4) is 11.5 Å². The SMILES string of the molecule is COc1cc2c(Cc3cc4sc(NCCc5cccc(C(C)(F)F)c5)nc4cc3F)ccnc2cc1O. The fourth-order valence-electron chi connectivity index (χ4n) is 4.26. The number of aromatic nitrogens is 2. The van der Waals surface area contributed by atoms with Gasteiger partial charge in [-0.2, -0.15) is 0 Å². The number of aromatic hydroxyl groups is 1. The van der Waals surface area contributed by atoms with E-state index >= 15 is 4.39 Å². The van der Waals surface area contributed by atoms with Gasteiger partial charge >= 0.3 is 0 Å². The summed E-state index contributed by atoms with van der Waals surface area (Å²) in [7, 11) is 1.47. The van der Waals surface area contributed by atoms with Crippen LogP contribution in [0.5, 0.6) is 11.5 Å². The Morgan fingerprint density at radius 3 is 2.68 bits per heavy atom. The minimum Gasteiger partial charge on any atom is -0.504 e. The van der Waals surface area contributed by atoms with E-state index < -0.39 is 5.92 Å². The molecule has 5 nitrogen and oxygen atoms in total. The Balaban J connectivity index is 1.34. The summed E-state index contributed by atoms with van der Waals surface area (Å²) in [5.41, 5.74) is 3.30. The second-order valence-corrected chi connectivity index (χ2v) is 9.91.